The number of phenolic OH excluding ortho intramolecular Hbond substituents is 2. The first kappa shape index (κ1) is 19.3. The van der Waals surface area contributed by atoms with Crippen LogP contribution in [0.5, 0.6) is 23.0 Å². The SMILES string of the molecule is O=C(O)c1ccc2c(c1)C(=O)OC21c2ccc(O)cc2Oc2cc(O)ccc21.[H-].[Na+]. The molecule has 3 aromatic carbocycles. The van der Waals surface area contributed by atoms with Gasteiger partial charge in [0.1, 0.15) is 23.0 Å². The predicted molar refractivity (Wildman–Crippen MR) is 96.1 cm³/mol. The average Bonchev–Trinajstić information content (AvgIpc) is 2.94. The average molecular weight is 400 g/mol. The summed E-state index contributed by atoms with van der Waals surface area (Å²) in [5.74, 6) is -1.37. The number of esters is 1. The molecule has 3 N–H and O–H groups in total. The quantitative estimate of drug-likeness (QED) is 0.402. The molecular formula is C21H13NaO7. The van der Waals surface area contributed by atoms with E-state index in [9.17, 15) is 24.9 Å². The molecule has 1 spiro atoms. The number of ether oxygens (including phenoxy) is 2. The third-order valence-corrected chi connectivity index (χ3v) is 5.02. The molecular weight excluding hydrogens is 387 g/mol. The van der Waals surface area contributed by atoms with E-state index < -0.39 is 17.5 Å². The third-order valence-electron chi connectivity index (χ3n) is 5.02. The number of hydrogen-bond acceptors (Lipinski definition) is 6. The standard InChI is InChI=1S/C21H12O7.Na.H/c22-11-2-5-15-17(8-11)27-18-9-12(23)3-6-16(18)21(15)14-4-1-10(19(24)25)7-13(14)20(26)28-21;;/h1-9,22-23H,(H,24,25);;/q;+1;-1. The molecule has 0 amide bonds. The first-order chi connectivity index (χ1) is 13.4. The second kappa shape index (κ2) is 6.52. The first-order valence-electron chi connectivity index (χ1n) is 8.36. The van der Waals surface area contributed by atoms with Crippen molar-refractivity contribution in [3.63, 3.8) is 0 Å². The summed E-state index contributed by atoms with van der Waals surface area (Å²) in [6, 6.07) is 13.1. The summed E-state index contributed by atoms with van der Waals surface area (Å²) in [6.45, 7) is 0. The van der Waals surface area contributed by atoms with E-state index in [0.717, 1.165) is 0 Å². The molecule has 0 radical (unpaired) electrons. The molecule has 0 aliphatic carbocycles. The normalized spacial score (nSPS) is 14.7. The van der Waals surface area contributed by atoms with E-state index in [1.165, 1.54) is 36.4 Å². The fraction of sp³-hybridized carbons (Fsp3) is 0.0476. The Kier molecular flexibility index (Phi) is 4.34. The molecule has 0 saturated heterocycles. The van der Waals surface area contributed by atoms with Gasteiger partial charge in [0.2, 0.25) is 0 Å². The van der Waals surface area contributed by atoms with E-state index >= 15 is 0 Å². The van der Waals surface area contributed by atoms with Gasteiger partial charge in [-0.1, -0.05) is 6.07 Å². The third kappa shape index (κ3) is 2.62. The van der Waals surface area contributed by atoms with Crippen LogP contribution in [0.3, 0.4) is 0 Å². The van der Waals surface area contributed by atoms with Crippen molar-refractivity contribution in [1.29, 1.82) is 0 Å². The van der Waals surface area contributed by atoms with Crippen molar-refractivity contribution in [2.75, 3.05) is 0 Å². The molecule has 2 aliphatic rings. The molecule has 0 bridgehead atoms. The molecule has 2 heterocycles. The molecule has 5 rings (SSSR count). The molecule has 7 nitrogen and oxygen atoms in total. The van der Waals surface area contributed by atoms with E-state index in [2.05, 4.69) is 0 Å². The second-order valence-corrected chi connectivity index (χ2v) is 6.60. The van der Waals surface area contributed by atoms with E-state index in [4.69, 9.17) is 9.47 Å². The zero-order valence-corrected chi connectivity index (χ0v) is 17.2. The van der Waals surface area contributed by atoms with E-state index in [1.807, 2.05) is 0 Å². The fourth-order valence-electron chi connectivity index (χ4n) is 3.84. The number of carbonyl (C=O) groups is 2. The molecule has 3 aromatic rings. The first-order valence-corrected chi connectivity index (χ1v) is 8.36. The van der Waals surface area contributed by atoms with Crippen LogP contribution in [0.1, 0.15) is 38.8 Å². The van der Waals surface area contributed by atoms with Crippen LogP contribution in [0.15, 0.2) is 54.6 Å². The smallest absolute Gasteiger partial charge is 1.00 e. The van der Waals surface area contributed by atoms with Crippen molar-refractivity contribution >= 4 is 11.9 Å². The number of carboxylic acid groups (broad SMARTS) is 1. The van der Waals surface area contributed by atoms with E-state index in [-0.39, 0.29) is 65.1 Å². The van der Waals surface area contributed by atoms with Crippen LogP contribution in [-0.2, 0) is 10.3 Å². The molecule has 8 heteroatoms. The number of rotatable bonds is 1. The molecule has 0 saturated carbocycles. The molecule has 0 fully saturated rings. The maximum absolute atomic E-state index is 12.7. The second-order valence-electron chi connectivity index (χ2n) is 6.60. The van der Waals surface area contributed by atoms with Crippen LogP contribution in [0.25, 0.3) is 0 Å². The Balaban J connectivity index is 0.00000128. The molecule has 0 unspecified atom stereocenters. The number of carboxylic acids is 1. The van der Waals surface area contributed by atoms with Crippen LogP contribution < -0.4 is 34.3 Å². The van der Waals surface area contributed by atoms with Crippen molar-refractivity contribution in [2.24, 2.45) is 0 Å². The zero-order valence-electron chi connectivity index (χ0n) is 16.2. The fourth-order valence-corrected chi connectivity index (χ4v) is 3.84. The van der Waals surface area contributed by atoms with Crippen molar-refractivity contribution < 1.29 is 65.4 Å². The molecule has 140 valence electrons. The van der Waals surface area contributed by atoms with Crippen molar-refractivity contribution in [3.8, 4) is 23.0 Å². The van der Waals surface area contributed by atoms with Gasteiger partial charge >= 0.3 is 41.5 Å². The van der Waals surface area contributed by atoms with Crippen molar-refractivity contribution in [2.45, 2.75) is 5.60 Å². The number of aromatic carboxylic acids is 1. The Labute approximate surface area is 187 Å². The van der Waals surface area contributed by atoms with Gasteiger partial charge in [-0.15, -0.1) is 0 Å². The Bertz CT molecular complexity index is 1160. The minimum absolute atomic E-state index is 0. The van der Waals surface area contributed by atoms with Crippen LogP contribution in [0, 0.1) is 0 Å². The van der Waals surface area contributed by atoms with E-state index in [1.54, 1.807) is 18.2 Å². The van der Waals surface area contributed by atoms with Gasteiger partial charge in [-0.25, -0.2) is 9.59 Å². The monoisotopic (exact) mass is 400 g/mol. The van der Waals surface area contributed by atoms with Crippen molar-refractivity contribution in [1.82, 2.24) is 0 Å². The number of carbonyl (C=O) groups excluding carboxylic acids is 1. The Hall–Kier alpha value is -3.00. The number of phenols is 2. The number of hydrogen-bond donors (Lipinski definition) is 3. The van der Waals surface area contributed by atoms with Gasteiger partial charge in [-0.2, -0.15) is 0 Å². The van der Waals surface area contributed by atoms with E-state index in [0.29, 0.717) is 16.7 Å². The van der Waals surface area contributed by atoms with Gasteiger partial charge in [0.15, 0.2) is 5.60 Å². The molecule has 0 aromatic heterocycles. The van der Waals surface area contributed by atoms with Crippen LogP contribution in [-0.4, -0.2) is 27.3 Å². The largest absolute Gasteiger partial charge is 1.00 e. The van der Waals surface area contributed by atoms with Gasteiger partial charge < -0.3 is 26.2 Å². The summed E-state index contributed by atoms with van der Waals surface area (Å²) < 4.78 is 11.7. The predicted octanol–water partition coefficient (Wildman–Crippen LogP) is 0.481. The summed E-state index contributed by atoms with van der Waals surface area (Å²) in [4.78, 5) is 24.0. The summed E-state index contributed by atoms with van der Waals surface area (Å²) in [7, 11) is 0. The zero-order chi connectivity index (χ0) is 19.6. The van der Waals surface area contributed by atoms with Crippen LogP contribution in [0.4, 0.5) is 0 Å². The Morgan fingerprint density at radius 1 is 0.862 bits per heavy atom. The van der Waals surface area contributed by atoms with Gasteiger partial charge in [-0.05, 0) is 36.4 Å². The topological polar surface area (TPSA) is 113 Å². The van der Waals surface area contributed by atoms with Crippen molar-refractivity contribution in [3.05, 3.63) is 82.4 Å². The molecule has 0 atom stereocenters. The number of benzene rings is 3. The Morgan fingerprint density at radius 2 is 1.41 bits per heavy atom. The molecule has 29 heavy (non-hydrogen) atoms. The van der Waals surface area contributed by atoms with Gasteiger partial charge in [0.25, 0.3) is 0 Å². The summed E-state index contributed by atoms with van der Waals surface area (Å²) in [6.07, 6.45) is 0. The van der Waals surface area contributed by atoms with Gasteiger partial charge in [-0.3, -0.25) is 0 Å². The maximum Gasteiger partial charge on any atom is 1.00 e. The minimum Gasteiger partial charge on any atom is -1.00 e. The number of aromatic hydroxyl groups is 2. The summed E-state index contributed by atoms with van der Waals surface area (Å²) >= 11 is 0. The van der Waals surface area contributed by atoms with Gasteiger partial charge in [0, 0.05) is 28.8 Å². The maximum atomic E-state index is 12.7. The number of fused-ring (bicyclic) bond motifs is 6. The summed E-state index contributed by atoms with van der Waals surface area (Å²) in [5, 5.41) is 29.0. The minimum atomic E-state index is -1.38. The Morgan fingerprint density at radius 3 is 1.97 bits per heavy atom. The molecule has 2 aliphatic heterocycles. The van der Waals surface area contributed by atoms with Gasteiger partial charge in [0.05, 0.1) is 11.1 Å². The van der Waals surface area contributed by atoms with Crippen LogP contribution in [0.2, 0.25) is 0 Å². The summed E-state index contributed by atoms with van der Waals surface area (Å²) in [5.41, 5.74) is 0.159. The van der Waals surface area contributed by atoms with Crippen LogP contribution >= 0.6 is 0 Å².